The quantitative estimate of drug-likeness (QED) is 0.916. The molecule has 2 saturated carbocycles. The van der Waals surface area contributed by atoms with E-state index in [-0.39, 0.29) is 24.8 Å². The Labute approximate surface area is 144 Å². The van der Waals surface area contributed by atoms with Crippen LogP contribution in [0.1, 0.15) is 67.8 Å². The van der Waals surface area contributed by atoms with Gasteiger partial charge < -0.3 is 9.88 Å². The smallest absolute Gasteiger partial charge is 0.253 e. The van der Waals surface area contributed by atoms with Crippen molar-refractivity contribution in [3.05, 3.63) is 24.2 Å². The lowest BCUT2D eigenvalue weighted by Gasteiger charge is -2.28. The fraction of sp³-hybridized carbons (Fsp3) is 0.611. The van der Waals surface area contributed by atoms with Gasteiger partial charge in [-0.05, 0) is 31.7 Å². The van der Waals surface area contributed by atoms with Crippen molar-refractivity contribution in [1.82, 2.24) is 19.9 Å². The van der Waals surface area contributed by atoms with Crippen LogP contribution in [0.2, 0.25) is 0 Å². The van der Waals surface area contributed by atoms with Crippen molar-refractivity contribution in [3.63, 3.8) is 0 Å². The zero-order valence-electron chi connectivity index (χ0n) is 14.0. The molecule has 4 rings (SSSR count). The van der Waals surface area contributed by atoms with E-state index >= 15 is 0 Å². The van der Waals surface area contributed by atoms with E-state index in [1.807, 2.05) is 0 Å². The number of hydrogen-bond acceptors (Lipinski definition) is 3. The van der Waals surface area contributed by atoms with E-state index in [1.165, 1.54) is 12.8 Å². The average molecular weight is 348 g/mol. The van der Waals surface area contributed by atoms with Crippen LogP contribution in [0.5, 0.6) is 0 Å². The summed E-state index contributed by atoms with van der Waals surface area (Å²) in [6.45, 7) is 0. The number of nitrogens with one attached hydrogen (secondary N) is 1. The molecule has 0 aliphatic heterocycles. The van der Waals surface area contributed by atoms with Crippen LogP contribution in [0, 0.1) is 0 Å². The second-order valence-corrected chi connectivity index (χ2v) is 7.26. The number of nitrogens with zero attached hydrogens (tertiary/aromatic N) is 3. The van der Waals surface area contributed by atoms with Crippen LogP contribution in [-0.4, -0.2) is 32.4 Å². The van der Waals surface area contributed by atoms with Crippen molar-refractivity contribution in [1.29, 1.82) is 0 Å². The summed E-state index contributed by atoms with van der Waals surface area (Å²) in [5, 5.41) is 2.85. The minimum Gasteiger partial charge on any atom is -0.349 e. The number of carbonyl (C=O) groups is 1. The van der Waals surface area contributed by atoms with E-state index in [9.17, 15) is 13.6 Å². The summed E-state index contributed by atoms with van der Waals surface area (Å²) in [5.41, 5.74) is 1.94. The van der Waals surface area contributed by atoms with Gasteiger partial charge in [-0.15, -0.1) is 0 Å². The van der Waals surface area contributed by atoms with Crippen LogP contribution in [0.4, 0.5) is 8.78 Å². The van der Waals surface area contributed by atoms with Gasteiger partial charge in [-0.1, -0.05) is 12.8 Å². The highest BCUT2D eigenvalue weighted by molar-refractivity contribution is 5.96. The molecule has 1 amide bonds. The lowest BCUT2D eigenvalue weighted by molar-refractivity contribution is -0.0399. The first kappa shape index (κ1) is 16.4. The van der Waals surface area contributed by atoms with Crippen molar-refractivity contribution >= 4 is 17.1 Å². The van der Waals surface area contributed by atoms with Crippen LogP contribution in [0.3, 0.4) is 0 Å². The first-order chi connectivity index (χ1) is 12.0. The molecular formula is C18H22F2N4O. The first-order valence-electron chi connectivity index (χ1n) is 9.03. The Morgan fingerprint density at radius 1 is 1.16 bits per heavy atom. The summed E-state index contributed by atoms with van der Waals surface area (Å²) in [4.78, 5) is 21.2. The Bertz CT molecular complexity index is 772. The van der Waals surface area contributed by atoms with E-state index in [4.69, 9.17) is 0 Å². The van der Waals surface area contributed by atoms with Gasteiger partial charge in [-0.25, -0.2) is 18.7 Å². The predicted molar refractivity (Wildman–Crippen MR) is 89.7 cm³/mol. The van der Waals surface area contributed by atoms with Gasteiger partial charge in [0.25, 0.3) is 5.91 Å². The van der Waals surface area contributed by atoms with Crippen molar-refractivity contribution in [2.75, 3.05) is 0 Å². The van der Waals surface area contributed by atoms with Crippen LogP contribution in [0.25, 0.3) is 11.2 Å². The molecule has 5 nitrogen and oxygen atoms in total. The maximum Gasteiger partial charge on any atom is 0.253 e. The maximum absolute atomic E-state index is 13.2. The van der Waals surface area contributed by atoms with E-state index in [0.717, 1.165) is 18.5 Å². The molecule has 7 heteroatoms. The number of alkyl halides is 2. The molecule has 2 aromatic rings. The van der Waals surface area contributed by atoms with Crippen LogP contribution >= 0.6 is 0 Å². The molecule has 0 radical (unpaired) electrons. The van der Waals surface area contributed by atoms with Gasteiger partial charge >= 0.3 is 0 Å². The highest BCUT2D eigenvalue weighted by atomic mass is 19.3. The fourth-order valence-electron chi connectivity index (χ4n) is 3.95. The second kappa shape index (κ2) is 6.35. The molecule has 0 atom stereocenters. The molecular weight excluding hydrogens is 326 g/mol. The highest BCUT2D eigenvalue weighted by Crippen LogP contribution is 2.33. The zero-order valence-corrected chi connectivity index (χ0v) is 14.0. The minimum atomic E-state index is -2.59. The molecule has 2 heterocycles. The summed E-state index contributed by atoms with van der Waals surface area (Å²) in [5.74, 6) is -2.85. The number of aromatic nitrogens is 3. The molecule has 134 valence electrons. The number of rotatable bonds is 3. The van der Waals surface area contributed by atoms with Crippen LogP contribution in [-0.2, 0) is 0 Å². The van der Waals surface area contributed by atoms with Gasteiger partial charge in [0.1, 0.15) is 5.52 Å². The summed E-state index contributed by atoms with van der Waals surface area (Å²) >= 11 is 0. The number of carbonyl (C=O) groups excluding carboxylic acids is 1. The first-order valence-corrected chi connectivity index (χ1v) is 9.03. The Morgan fingerprint density at radius 3 is 2.60 bits per heavy atom. The predicted octanol–water partition coefficient (Wildman–Crippen LogP) is 3.85. The van der Waals surface area contributed by atoms with Gasteiger partial charge in [0.15, 0.2) is 5.65 Å². The van der Waals surface area contributed by atoms with Gasteiger partial charge in [0.05, 0.1) is 11.9 Å². The lowest BCUT2D eigenvalue weighted by Crippen LogP contribution is -2.40. The molecule has 2 aliphatic carbocycles. The van der Waals surface area contributed by atoms with Crippen molar-refractivity contribution < 1.29 is 13.6 Å². The van der Waals surface area contributed by atoms with Gasteiger partial charge in [-0.3, -0.25) is 4.79 Å². The third-order valence-electron chi connectivity index (χ3n) is 5.45. The largest absolute Gasteiger partial charge is 0.349 e. The Morgan fingerprint density at radius 2 is 1.88 bits per heavy atom. The van der Waals surface area contributed by atoms with E-state index < -0.39 is 5.92 Å². The molecule has 0 saturated heterocycles. The third-order valence-corrected chi connectivity index (χ3v) is 5.45. The summed E-state index contributed by atoms with van der Waals surface area (Å²) in [6.07, 6.45) is 8.39. The minimum absolute atomic E-state index is 0.166. The molecule has 0 bridgehead atoms. The molecule has 0 unspecified atom stereocenters. The highest BCUT2D eigenvalue weighted by Gasteiger charge is 2.35. The maximum atomic E-state index is 13.2. The molecule has 2 aromatic heterocycles. The molecule has 2 fully saturated rings. The lowest BCUT2D eigenvalue weighted by atomic mass is 9.92. The van der Waals surface area contributed by atoms with Crippen molar-refractivity contribution in [3.8, 4) is 0 Å². The second-order valence-electron chi connectivity index (χ2n) is 7.26. The average Bonchev–Trinajstić information content (AvgIpc) is 3.24. The van der Waals surface area contributed by atoms with E-state index in [2.05, 4.69) is 19.9 Å². The Hall–Kier alpha value is -2.05. The van der Waals surface area contributed by atoms with Crippen molar-refractivity contribution in [2.45, 2.75) is 69.4 Å². The van der Waals surface area contributed by atoms with E-state index in [0.29, 0.717) is 30.0 Å². The number of fused-ring (bicyclic) bond motifs is 1. The zero-order chi connectivity index (χ0) is 17.4. The summed E-state index contributed by atoms with van der Waals surface area (Å²) in [6, 6.07) is 1.99. The molecule has 2 aliphatic rings. The molecule has 1 N–H and O–H groups in total. The Kier molecular flexibility index (Phi) is 4.17. The van der Waals surface area contributed by atoms with Crippen LogP contribution < -0.4 is 5.32 Å². The SMILES string of the molecule is O=C(NC1CCC(F)(F)CC1)c1cnc2c(c1)ncn2C1CCCC1. The number of halogens is 2. The number of pyridine rings is 1. The Balaban J connectivity index is 1.47. The number of imidazole rings is 1. The van der Waals surface area contributed by atoms with Gasteiger partial charge in [0.2, 0.25) is 5.92 Å². The number of amides is 1. The fourth-order valence-corrected chi connectivity index (χ4v) is 3.95. The standard InChI is InChI=1S/C18H22F2N4O/c19-18(20)7-5-13(6-8-18)23-17(25)12-9-15-16(21-10-12)24(11-22-15)14-3-1-2-4-14/h9-11,13-14H,1-8H2,(H,23,25). The monoisotopic (exact) mass is 348 g/mol. The topological polar surface area (TPSA) is 59.8 Å². The van der Waals surface area contributed by atoms with Crippen LogP contribution in [0.15, 0.2) is 18.6 Å². The molecule has 0 spiro atoms. The molecule has 0 aromatic carbocycles. The van der Waals surface area contributed by atoms with Crippen molar-refractivity contribution in [2.24, 2.45) is 0 Å². The normalized spacial score (nSPS) is 21.7. The van der Waals surface area contributed by atoms with Gasteiger partial charge in [0, 0.05) is 31.1 Å². The number of hydrogen-bond donors (Lipinski definition) is 1. The molecule has 25 heavy (non-hydrogen) atoms. The van der Waals surface area contributed by atoms with Gasteiger partial charge in [-0.2, -0.15) is 0 Å². The third kappa shape index (κ3) is 3.37. The van der Waals surface area contributed by atoms with E-state index in [1.54, 1.807) is 18.6 Å². The summed E-state index contributed by atoms with van der Waals surface area (Å²) < 4.78 is 28.5. The summed E-state index contributed by atoms with van der Waals surface area (Å²) in [7, 11) is 0.